The van der Waals surface area contributed by atoms with Crippen molar-refractivity contribution in [3.05, 3.63) is 45.4 Å². The Balaban J connectivity index is 1.96. The normalized spacial score (nSPS) is 10.3. The molecule has 2 aromatic rings. The highest BCUT2D eigenvalue weighted by molar-refractivity contribution is 9.10. The standard InChI is InChI=1S/C11H11BrN2S/c1-8-6-13-11(15-8)14-7-9-2-4-10(12)5-3-9/h2-6H,7H2,1H3,(H,13,14). The number of halogens is 1. The van der Waals surface area contributed by atoms with E-state index in [2.05, 4.69) is 45.3 Å². The molecule has 0 saturated carbocycles. The highest BCUT2D eigenvalue weighted by atomic mass is 79.9. The van der Waals surface area contributed by atoms with E-state index in [1.807, 2.05) is 18.3 Å². The molecule has 1 aromatic heterocycles. The van der Waals surface area contributed by atoms with Crippen LogP contribution in [0.25, 0.3) is 0 Å². The molecule has 0 bridgehead atoms. The first-order valence-electron chi connectivity index (χ1n) is 4.65. The summed E-state index contributed by atoms with van der Waals surface area (Å²) < 4.78 is 1.11. The maximum Gasteiger partial charge on any atom is 0.183 e. The Kier molecular flexibility index (Phi) is 3.38. The summed E-state index contributed by atoms with van der Waals surface area (Å²) in [4.78, 5) is 5.48. The quantitative estimate of drug-likeness (QED) is 0.926. The molecule has 2 nitrogen and oxygen atoms in total. The van der Waals surface area contributed by atoms with E-state index >= 15 is 0 Å². The van der Waals surface area contributed by atoms with Crippen LogP contribution >= 0.6 is 27.3 Å². The molecular weight excluding hydrogens is 272 g/mol. The fourth-order valence-corrected chi connectivity index (χ4v) is 2.14. The second-order valence-electron chi connectivity index (χ2n) is 3.26. The van der Waals surface area contributed by atoms with Crippen LogP contribution in [0.1, 0.15) is 10.4 Å². The summed E-state index contributed by atoms with van der Waals surface area (Å²) in [6.45, 7) is 2.88. The van der Waals surface area contributed by atoms with Crippen molar-refractivity contribution in [2.45, 2.75) is 13.5 Å². The molecular formula is C11H11BrN2S. The minimum atomic E-state index is 0.820. The lowest BCUT2D eigenvalue weighted by atomic mass is 10.2. The minimum Gasteiger partial charge on any atom is -0.357 e. The van der Waals surface area contributed by atoms with Gasteiger partial charge in [-0.3, -0.25) is 0 Å². The summed E-state index contributed by atoms with van der Waals surface area (Å²) in [5, 5.41) is 4.28. The molecule has 0 aliphatic carbocycles. The maximum absolute atomic E-state index is 4.25. The number of nitrogens with zero attached hydrogens (tertiary/aromatic N) is 1. The Bertz CT molecular complexity index is 436. The molecule has 15 heavy (non-hydrogen) atoms. The van der Waals surface area contributed by atoms with Crippen LogP contribution in [0.5, 0.6) is 0 Å². The first kappa shape index (κ1) is 10.6. The lowest BCUT2D eigenvalue weighted by molar-refractivity contribution is 1.13. The largest absolute Gasteiger partial charge is 0.357 e. The van der Waals surface area contributed by atoms with Gasteiger partial charge in [-0.1, -0.05) is 28.1 Å². The molecule has 0 amide bonds. The molecule has 1 N–H and O–H groups in total. The summed E-state index contributed by atoms with van der Waals surface area (Å²) in [6.07, 6.45) is 1.88. The number of aryl methyl sites for hydroxylation is 1. The third kappa shape index (κ3) is 3.04. The number of hydrogen-bond acceptors (Lipinski definition) is 3. The summed E-state index contributed by atoms with van der Waals surface area (Å²) in [6, 6.07) is 8.28. The smallest absolute Gasteiger partial charge is 0.183 e. The van der Waals surface area contributed by atoms with Crippen molar-refractivity contribution >= 4 is 32.4 Å². The highest BCUT2D eigenvalue weighted by Crippen LogP contribution is 2.18. The van der Waals surface area contributed by atoms with Crippen LogP contribution in [0.4, 0.5) is 5.13 Å². The number of rotatable bonds is 3. The fourth-order valence-electron chi connectivity index (χ4n) is 1.22. The van der Waals surface area contributed by atoms with E-state index < -0.39 is 0 Å². The molecule has 0 radical (unpaired) electrons. The van der Waals surface area contributed by atoms with Crippen LogP contribution in [-0.2, 0) is 6.54 Å². The van der Waals surface area contributed by atoms with Crippen LogP contribution in [0.2, 0.25) is 0 Å². The third-order valence-corrected chi connectivity index (χ3v) is 3.38. The average molecular weight is 283 g/mol. The number of benzene rings is 1. The van der Waals surface area contributed by atoms with Gasteiger partial charge in [-0.25, -0.2) is 4.98 Å². The average Bonchev–Trinajstić information content (AvgIpc) is 2.64. The van der Waals surface area contributed by atoms with E-state index in [0.717, 1.165) is 16.1 Å². The van der Waals surface area contributed by atoms with E-state index in [0.29, 0.717) is 0 Å². The topological polar surface area (TPSA) is 24.9 Å². The Morgan fingerprint density at radius 2 is 2.07 bits per heavy atom. The molecule has 2 rings (SSSR count). The second-order valence-corrected chi connectivity index (χ2v) is 5.41. The van der Waals surface area contributed by atoms with E-state index in [1.54, 1.807) is 11.3 Å². The number of aromatic nitrogens is 1. The molecule has 0 aliphatic heterocycles. The number of nitrogens with one attached hydrogen (secondary N) is 1. The first-order valence-corrected chi connectivity index (χ1v) is 6.26. The van der Waals surface area contributed by atoms with Crippen molar-refractivity contribution in [1.82, 2.24) is 4.98 Å². The highest BCUT2D eigenvalue weighted by Gasteiger charge is 1.97. The zero-order valence-corrected chi connectivity index (χ0v) is 10.7. The summed E-state index contributed by atoms with van der Waals surface area (Å²) in [7, 11) is 0. The van der Waals surface area contributed by atoms with E-state index in [9.17, 15) is 0 Å². The van der Waals surface area contributed by atoms with Gasteiger partial charge in [-0.15, -0.1) is 11.3 Å². The molecule has 0 saturated heterocycles. The van der Waals surface area contributed by atoms with Gasteiger partial charge in [-0.2, -0.15) is 0 Å². The van der Waals surface area contributed by atoms with Gasteiger partial charge in [0.25, 0.3) is 0 Å². The van der Waals surface area contributed by atoms with Gasteiger partial charge in [-0.05, 0) is 24.6 Å². The third-order valence-electron chi connectivity index (χ3n) is 1.98. The van der Waals surface area contributed by atoms with Gasteiger partial charge >= 0.3 is 0 Å². The summed E-state index contributed by atoms with van der Waals surface area (Å²) in [5.74, 6) is 0. The van der Waals surface area contributed by atoms with Crippen molar-refractivity contribution < 1.29 is 0 Å². The zero-order chi connectivity index (χ0) is 10.7. The predicted molar refractivity (Wildman–Crippen MR) is 68.3 cm³/mol. The second kappa shape index (κ2) is 4.77. The van der Waals surface area contributed by atoms with E-state index in [4.69, 9.17) is 0 Å². The first-order chi connectivity index (χ1) is 7.24. The van der Waals surface area contributed by atoms with Crippen molar-refractivity contribution in [2.24, 2.45) is 0 Å². The van der Waals surface area contributed by atoms with Gasteiger partial charge < -0.3 is 5.32 Å². The zero-order valence-electron chi connectivity index (χ0n) is 8.33. The Morgan fingerprint density at radius 1 is 1.33 bits per heavy atom. The molecule has 1 aromatic carbocycles. The molecule has 0 atom stereocenters. The molecule has 0 fully saturated rings. The lowest BCUT2D eigenvalue weighted by Gasteiger charge is -2.02. The summed E-state index contributed by atoms with van der Waals surface area (Å²) in [5.41, 5.74) is 1.26. The number of anilines is 1. The molecule has 4 heteroatoms. The lowest BCUT2D eigenvalue weighted by Crippen LogP contribution is -1.98. The Morgan fingerprint density at radius 3 is 2.67 bits per heavy atom. The van der Waals surface area contributed by atoms with Crippen LogP contribution in [-0.4, -0.2) is 4.98 Å². The van der Waals surface area contributed by atoms with Crippen molar-refractivity contribution in [3.63, 3.8) is 0 Å². The van der Waals surface area contributed by atoms with Gasteiger partial charge in [0.1, 0.15) is 0 Å². The molecule has 1 heterocycles. The van der Waals surface area contributed by atoms with Crippen molar-refractivity contribution in [1.29, 1.82) is 0 Å². The molecule has 0 spiro atoms. The van der Waals surface area contributed by atoms with Crippen LogP contribution in [0.3, 0.4) is 0 Å². The SMILES string of the molecule is Cc1cnc(NCc2ccc(Br)cc2)s1. The number of hydrogen-bond donors (Lipinski definition) is 1. The van der Waals surface area contributed by atoms with E-state index in [1.165, 1.54) is 10.4 Å². The van der Waals surface area contributed by atoms with Crippen molar-refractivity contribution in [3.8, 4) is 0 Å². The van der Waals surface area contributed by atoms with Gasteiger partial charge in [0.15, 0.2) is 5.13 Å². The monoisotopic (exact) mass is 282 g/mol. The Labute approximate surface area is 101 Å². The number of thiazole rings is 1. The molecule has 78 valence electrons. The fraction of sp³-hybridized carbons (Fsp3) is 0.182. The predicted octanol–water partition coefficient (Wildman–Crippen LogP) is 3.83. The molecule has 0 unspecified atom stereocenters. The van der Waals surface area contributed by atoms with E-state index in [-0.39, 0.29) is 0 Å². The summed E-state index contributed by atoms with van der Waals surface area (Å²) >= 11 is 5.09. The van der Waals surface area contributed by atoms with Crippen molar-refractivity contribution in [2.75, 3.05) is 5.32 Å². The van der Waals surface area contributed by atoms with Crippen LogP contribution in [0, 0.1) is 6.92 Å². The van der Waals surface area contributed by atoms with Gasteiger partial charge in [0.05, 0.1) is 0 Å². The Hall–Kier alpha value is -0.870. The van der Waals surface area contributed by atoms with Crippen LogP contribution < -0.4 is 5.32 Å². The van der Waals surface area contributed by atoms with Gasteiger partial charge in [0, 0.05) is 22.1 Å². The minimum absolute atomic E-state index is 0.820. The maximum atomic E-state index is 4.25. The van der Waals surface area contributed by atoms with Gasteiger partial charge in [0.2, 0.25) is 0 Å². The molecule has 0 aliphatic rings. The van der Waals surface area contributed by atoms with Crippen LogP contribution in [0.15, 0.2) is 34.9 Å².